The molecule has 2 aromatic heterocycles. The third-order valence-electron chi connectivity index (χ3n) is 2.57. The zero-order chi connectivity index (χ0) is 14.0. The van der Waals surface area contributed by atoms with Crippen molar-refractivity contribution < 1.29 is 0 Å². The number of hydrogen-bond donors (Lipinski definition) is 2. The summed E-state index contributed by atoms with van der Waals surface area (Å²) < 4.78 is 0. The highest BCUT2D eigenvalue weighted by atomic mass is 32.1. The van der Waals surface area contributed by atoms with Gasteiger partial charge in [-0.2, -0.15) is 15.0 Å². The van der Waals surface area contributed by atoms with Crippen molar-refractivity contribution in [1.29, 1.82) is 0 Å². The van der Waals surface area contributed by atoms with E-state index in [1.54, 1.807) is 16.2 Å². The highest BCUT2D eigenvalue weighted by Gasteiger charge is 2.11. The smallest absolute Gasteiger partial charge is 0.231 e. The summed E-state index contributed by atoms with van der Waals surface area (Å²) in [5, 5.41) is 3.25. The van der Waals surface area contributed by atoms with Gasteiger partial charge >= 0.3 is 0 Å². The molecule has 0 spiro atoms. The minimum absolute atomic E-state index is 0.135. The number of anilines is 3. The normalized spacial score (nSPS) is 12.2. The van der Waals surface area contributed by atoms with Crippen LogP contribution in [0.15, 0.2) is 12.1 Å². The van der Waals surface area contributed by atoms with Gasteiger partial charge in [-0.15, -0.1) is 11.3 Å². The van der Waals surface area contributed by atoms with Crippen molar-refractivity contribution in [2.45, 2.75) is 19.9 Å². The molecule has 0 aliphatic rings. The largest absolute Gasteiger partial charge is 0.368 e. The van der Waals surface area contributed by atoms with E-state index in [1.807, 2.05) is 14.1 Å². The molecule has 0 aliphatic heterocycles. The molecule has 2 rings (SSSR count). The van der Waals surface area contributed by atoms with Crippen LogP contribution in [0.4, 0.5) is 17.8 Å². The summed E-state index contributed by atoms with van der Waals surface area (Å²) in [6, 6.07) is 4.34. The summed E-state index contributed by atoms with van der Waals surface area (Å²) in [4.78, 5) is 16.8. The van der Waals surface area contributed by atoms with Gasteiger partial charge < -0.3 is 16.0 Å². The van der Waals surface area contributed by atoms with E-state index in [-0.39, 0.29) is 12.0 Å². The molecule has 0 radical (unpaired) electrons. The third kappa shape index (κ3) is 3.31. The van der Waals surface area contributed by atoms with Crippen molar-refractivity contribution >= 4 is 29.2 Å². The second kappa shape index (κ2) is 5.40. The van der Waals surface area contributed by atoms with Gasteiger partial charge in [-0.25, -0.2) is 0 Å². The van der Waals surface area contributed by atoms with Crippen molar-refractivity contribution in [3.8, 4) is 0 Å². The molecule has 3 N–H and O–H groups in total. The molecule has 0 aromatic carbocycles. The molecule has 0 bridgehead atoms. The number of nitrogen functional groups attached to an aromatic ring is 1. The van der Waals surface area contributed by atoms with Crippen LogP contribution in [0.3, 0.4) is 0 Å². The van der Waals surface area contributed by atoms with E-state index in [4.69, 9.17) is 5.73 Å². The number of rotatable bonds is 4. The molecule has 0 fully saturated rings. The molecule has 7 heteroatoms. The summed E-state index contributed by atoms with van der Waals surface area (Å²) in [7, 11) is 3.73. The Morgan fingerprint density at radius 2 is 2.00 bits per heavy atom. The highest BCUT2D eigenvalue weighted by Crippen LogP contribution is 2.25. The zero-order valence-corrected chi connectivity index (χ0v) is 12.3. The van der Waals surface area contributed by atoms with Gasteiger partial charge in [-0.3, -0.25) is 0 Å². The Morgan fingerprint density at radius 3 is 2.58 bits per heavy atom. The molecule has 0 amide bonds. The first-order valence-electron chi connectivity index (χ1n) is 5.97. The van der Waals surface area contributed by atoms with E-state index >= 15 is 0 Å². The number of aryl methyl sites for hydroxylation is 1. The standard InChI is InChI=1S/C12H18N6S/c1-7-5-6-9(19-7)8(2)14-11-15-10(13)16-12(17-11)18(3)4/h5-6,8H,1-4H3,(H3,13,14,15,16,17). The molecule has 0 saturated carbocycles. The molecular weight excluding hydrogens is 260 g/mol. The maximum absolute atomic E-state index is 5.69. The van der Waals surface area contributed by atoms with Crippen LogP contribution in [0, 0.1) is 6.92 Å². The monoisotopic (exact) mass is 278 g/mol. The molecule has 1 atom stereocenters. The molecule has 1 unspecified atom stereocenters. The molecular formula is C12H18N6S. The van der Waals surface area contributed by atoms with Crippen LogP contribution in [0.5, 0.6) is 0 Å². The Morgan fingerprint density at radius 1 is 1.26 bits per heavy atom. The van der Waals surface area contributed by atoms with E-state index in [9.17, 15) is 0 Å². The van der Waals surface area contributed by atoms with Gasteiger partial charge in [0.1, 0.15) is 0 Å². The van der Waals surface area contributed by atoms with Gasteiger partial charge in [0.05, 0.1) is 6.04 Å². The summed E-state index contributed by atoms with van der Waals surface area (Å²) in [6.45, 7) is 4.16. The van der Waals surface area contributed by atoms with Crippen LogP contribution in [0.25, 0.3) is 0 Å². The van der Waals surface area contributed by atoms with Crippen molar-refractivity contribution in [2.24, 2.45) is 0 Å². The number of nitrogens with zero attached hydrogens (tertiary/aromatic N) is 4. The van der Waals surface area contributed by atoms with Crippen molar-refractivity contribution in [1.82, 2.24) is 15.0 Å². The number of nitrogens with one attached hydrogen (secondary N) is 1. The van der Waals surface area contributed by atoms with Gasteiger partial charge in [0.15, 0.2) is 0 Å². The number of aromatic nitrogens is 3. The predicted molar refractivity (Wildman–Crippen MR) is 79.7 cm³/mol. The average Bonchev–Trinajstić information content (AvgIpc) is 2.75. The maximum Gasteiger partial charge on any atom is 0.231 e. The Bertz CT molecular complexity index is 565. The van der Waals surface area contributed by atoms with Crippen LogP contribution in [-0.2, 0) is 0 Å². The lowest BCUT2D eigenvalue weighted by atomic mass is 10.3. The minimum Gasteiger partial charge on any atom is -0.368 e. The van der Waals surface area contributed by atoms with Gasteiger partial charge in [0, 0.05) is 23.8 Å². The minimum atomic E-state index is 0.135. The maximum atomic E-state index is 5.69. The molecule has 0 saturated heterocycles. The van der Waals surface area contributed by atoms with E-state index in [2.05, 4.69) is 46.2 Å². The van der Waals surface area contributed by atoms with Crippen LogP contribution in [0.2, 0.25) is 0 Å². The second-order valence-electron chi connectivity index (χ2n) is 4.53. The van der Waals surface area contributed by atoms with Crippen LogP contribution in [-0.4, -0.2) is 29.0 Å². The van der Waals surface area contributed by atoms with E-state index in [0.717, 1.165) is 0 Å². The fraction of sp³-hybridized carbons (Fsp3) is 0.417. The lowest BCUT2D eigenvalue weighted by Crippen LogP contribution is -2.17. The fourth-order valence-electron chi connectivity index (χ4n) is 1.60. The van der Waals surface area contributed by atoms with Gasteiger partial charge in [0.2, 0.25) is 17.8 Å². The lowest BCUT2D eigenvalue weighted by molar-refractivity contribution is 0.866. The van der Waals surface area contributed by atoms with Crippen LogP contribution in [0.1, 0.15) is 22.7 Å². The fourth-order valence-corrected chi connectivity index (χ4v) is 2.48. The topological polar surface area (TPSA) is 80.0 Å². The summed E-state index contributed by atoms with van der Waals surface area (Å²) in [5.74, 6) is 1.26. The summed E-state index contributed by atoms with van der Waals surface area (Å²) in [6.07, 6.45) is 0. The lowest BCUT2D eigenvalue weighted by Gasteiger charge is -2.15. The van der Waals surface area contributed by atoms with Crippen LogP contribution < -0.4 is 16.0 Å². The SMILES string of the molecule is Cc1ccc(C(C)Nc2nc(N)nc(N(C)C)n2)s1. The quantitative estimate of drug-likeness (QED) is 0.891. The molecule has 102 valence electrons. The predicted octanol–water partition coefficient (Wildman–Crippen LogP) is 2.06. The van der Waals surface area contributed by atoms with E-state index < -0.39 is 0 Å². The Balaban J connectivity index is 2.18. The number of hydrogen-bond acceptors (Lipinski definition) is 7. The first-order chi connectivity index (χ1) is 8.95. The average molecular weight is 278 g/mol. The van der Waals surface area contributed by atoms with E-state index in [0.29, 0.717) is 11.9 Å². The Labute approximate surface area is 116 Å². The Hall–Kier alpha value is -1.89. The van der Waals surface area contributed by atoms with Crippen molar-refractivity contribution in [3.05, 3.63) is 21.9 Å². The summed E-state index contributed by atoms with van der Waals surface area (Å²) in [5.41, 5.74) is 5.69. The summed E-state index contributed by atoms with van der Waals surface area (Å²) >= 11 is 1.75. The molecule has 6 nitrogen and oxygen atoms in total. The van der Waals surface area contributed by atoms with Crippen LogP contribution >= 0.6 is 11.3 Å². The second-order valence-corrected chi connectivity index (χ2v) is 5.85. The molecule has 19 heavy (non-hydrogen) atoms. The molecule has 0 aliphatic carbocycles. The zero-order valence-electron chi connectivity index (χ0n) is 11.5. The molecule has 2 heterocycles. The van der Waals surface area contributed by atoms with Crippen molar-refractivity contribution in [2.75, 3.05) is 30.0 Å². The molecule has 2 aromatic rings. The first kappa shape index (κ1) is 13.5. The highest BCUT2D eigenvalue weighted by molar-refractivity contribution is 7.12. The van der Waals surface area contributed by atoms with Crippen molar-refractivity contribution in [3.63, 3.8) is 0 Å². The number of nitrogens with two attached hydrogens (primary N) is 1. The van der Waals surface area contributed by atoms with E-state index in [1.165, 1.54) is 9.75 Å². The first-order valence-corrected chi connectivity index (χ1v) is 6.79. The van der Waals surface area contributed by atoms with Gasteiger partial charge in [-0.05, 0) is 26.0 Å². The van der Waals surface area contributed by atoms with Gasteiger partial charge in [0.25, 0.3) is 0 Å². The third-order valence-corrected chi connectivity index (χ3v) is 3.76. The Kier molecular flexibility index (Phi) is 3.84. The number of thiophene rings is 1. The van der Waals surface area contributed by atoms with Gasteiger partial charge in [-0.1, -0.05) is 0 Å².